The van der Waals surface area contributed by atoms with Crippen molar-refractivity contribution in [2.75, 3.05) is 13.2 Å². The monoisotopic (exact) mass is 233 g/mol. The summed E-state index contributed by atoms with van der Waals surface area (Å²) in [5.74, 6) is 0.744. The molecule has 1 saturated carbocycles. The van der Waals surface area contributed by atoms with Crippen LogP contribution < -0.4 is 5.32 Å². The van der Waals surface area contributed by atoms with Gasteiger partial charge in [-0.1, -0.05) is 43.2 Å². The molecule has 1 fully saturated rings. The Morgan fingerprint density at radius 1 is 1.06 bits per heavy atom. The normalized spacial score (nSPS) is 22.6. The van der Waals surface area contributed by atoms with E-state index in [-0.39, 0.29) is 0 Å². The van der Waals surface area contributed by atoms with E-state index in [0.717, 1.165) is 25.3 Å². The Hall–Kier alpha value is -0.860. The van der Waals surface area contributed by atoms with Crippen LogP contribution in [0.5, 0.6) is 0 Å². The Balaban J connectivity index is 1.55. The summed E-state index contributed by atoms with van der Waals surface area (Å²) in [6, 6.07) is 11.5. The molecule has 2 unspecified atom stereocenters. The minimum absolute atomic E-state index is 0.339. The molecule has 0 amide bonds. The topological polar surface area (TPSA) is 32.3 Å². The lowest BCUT2D eigenvalue weighted by Crippen LogP contribution is -2.19. The number of hydrogen-bond donors (Lipinski definition) is 2. The average Bonchev–Trinajstić information content (AvgIpc) is 3.14. The molecule has 0 saturated heterocycles. The summed E-state index contributed by atoms with van der Waals surface area (Å²) in [6.07, 6.45) is 5.87. The molecular weight excluding hydrogens is 210 g/mol. The summed E-state index contributed by atoms with van der Waals surface area (Å²) < 4.78 is 0. The first-order chi connectivity index (χ1) is 8.42. The van der Waals surface area contributed by atoms with Crippen molar-refractivity contribution in [3.8, 4) is 0 Å². The van der Waals surface area contributed by atoms with Gasteiger partial charge in [-0.3, -0.25) is 0 Å². The number of unbranched alkanes of at least 4 members (excludes halogenated alkanes) is 3. The van der Waals surface area contributed by atoms with Crippen LogP contribution in [0.25, 0.3) is 0 Å². The van der Waals surface area contributed by atoms with Crippen molar-refractivity contribution in [1.82, 2.24) is 5.32 Å². The zero-order valence-electron chi connectivity index (χ0n) is 10.4. The van der Waals surface area contributed by atoms with Crippen molar-refractivity contribution in [3.63, 3.8) is 0 Å². The maximum Gasteiger partial charge on any atom is 0.0431 e. The maximum atomic E-state index is 8.67. The summed E-state index contributed by atoms with van der Waals surface area (Å²) in [5, 5.41) is 12.3. The first-order valence-electron chi connectivity index (χ1n) is 6.81. The highest BCUT2D eigenvalue weighted by atomic mass is 16.2. The molecule has 0 spiro atoms. The summed E-state index contributed by atoms with van der Waals surface area (Å²) in [6.45, 7) is 1.46. The lowest BCUT2D eigenvalue weighted by molar-refractivity contribution is 0.282. The van der Waals surface area contributed by atoms with Crippen molar-refractivity contribution < 1.29 is 5.11 Å². The van der Waals surface area contributed by atoms with Gasteiger partial charge in [-0.2, -0.15) is 0 Å². The molecular formula is C15H23NO. The standard InChI is InChI=1S/C15H23NO/c17-11-7-2-1-6-10-16-15-12-14(15)13-8-4-3-5-9-13/h3-5,8-9,14-17H,1-2,6-7,10-12H2. The molecule has 2 heteroatoms. The first kappa shape index (κ1) is 12.6. The predicted molar refractivity (Wildman–Crippen MR) is 71.1 cm³/mol. The van der Waals surface area contributed by atoms with Gasteiger partial charge in [0.1, 0.15) is 0 Å². The second-order valence-corrected chi connectivity index (χ2v) is 4.95. The van der Waals surface area contributed by atoms with Gasteiger partial charge in [0.25, 0.3) is 0 Å². The van der Waals surface area contributed by atoms with E-state index in [2.05, 4.69) is 35.6 Å². The SMILES string of the molecule is OCCCCCCNC1CC1c1ccccc1. The molecule has 2 N–H and O–H groups in total. The largest absolute Gasteiger partial charge is 0.396 e. The molecule has 0 aromatic heterocycles. The van der Waals surface area contributed by atoms with E-state index in [9.17, 15) is 0 Å². The first-order valence-corrected chi connectivity index (χ1v) is 6.81. The number of nitrogens with one attached hydrogen (secondary N) is 1. The molecule has 0 heterocycles. The van der Waals surface area contributed by atoms with Crippen molar-refractivity contribution in [2.45, 2.75) is 44.1 Å². The maximum absolute atomic E-state index is 8.67. The Labute approximate surface area is 104 Å². The zero-order valence-corrected chi connectivity index (χ0v) is 10.4. The van der Waals surface area contributed by atoms with E-state index in [1.165, 1.54) is 24.8 Å². The number of aliphatic hydroxyl groups excluding tert-OH is 1. The van der Waals surface area contributed by atoms with Gasteiger partial charge >= 0.3 is 0 Å². The molecule has 17 heavy (non-hydrogen) atoms. The number of aliphatic hydroxyl groups is 1. The lowest BCUT2D eigenvalue weighted by atomic mass is 10.1. The van der Waals surface area contributed by atoms with Crippen LogP contribution in [-0.4, -0.2) is 24.3 Å². The fourth-order valence-corrected chi connectivity index (χ4v) is 2.37. The molecule has 94 valence electrons. The highest BCUT2D eigenvalue weighted by Gasteiger charge is 2.37. The average molecular weight is 233 g/mol. The van der Waals surface area contributed by atoms with Crippen LogP contribution in [0.4, 0.5) is 0 Å². The van der Waals surface area contributed by atoms with Crippen molar-refractivity contribution in [3.05, 3.63) is 35.9 Å². The zero-order chi connectivity index (χ0) is 11.9. The fraction of sp³-hybridized carbons (Fsp3) is 0.600. The molecule has 2 rings (SSSR count). The number of rotatable bonds is 8. The van der Waals surface area contributed by atoms with E-state index >= 15 is 0 Å². The van der Waals surface area contributed by atoms with Crippen molar-refractivity contribution >= 4 is 0 Å². The molecule has 0 aliphatic heterocycles. The van der Waals surface area contributed by atoms with Gasteiger partial charge in [-0.15, -0.1) is 0 Å². The van der Waals surface area contributed by atoms with Crippen LogP contribution in [0.15, 0.2) is 30.3 Å². The van der Waals surface area contributed by atoms with Crippen LogP contribution in [0.3, 0.4) is 0 Å². The van der Waals surface area contributed by atoms with Crippen LogP contribution >= 0.6 is 0 Å². The highest BCUT2D eigenvalue weighted by Crippen LogP contribution is 2.40. The van der Waals surface area contributed by atoms with Gasteiger partial charge in [-0.05, 0) is 31.4 Å². The second-order valence-electron chi connectivity index (χ2n) is 4.95. The van der Waals surface area contributed by atoms with Crippen LogP contribution in [0, 0.1) is 0 Å². The molecule has 2 atom stereocenters. The second kappa shape index (κ2) is 6.77. The van der Waals surface area contributed by atoms with Gasteiger partial charge in [0, 0.05) is 18.6 Å². The lowest BCUT2D eigenvalue weighted by Gasteiger charge is -2.04. The van der Waals surface area contributed by atoms with Gasteiger partial charge in [0.05, 0.1) is 0 Å². The predicted octanol–water partition coefficient (Wildman–Crippen LogP) is 2.68. The molecule has 1 aromatic carbocycles. The number of hydrogen-bond acceptors (Lipinski definition) is 2. The smallest absolute Gasteiger partial charge is 0.0431 e. The Kier molecular flexibility index (Phi) is 5.02. The van der Waals surface area contributed by atoms with E-state index in [1.54, 1.807) is 0 Å². The van der Waals surface area contributed by atoms with E-state index < -0.39 is 0 Å². The quantitative estimate of drug-likeness (QED) is 0.677. The van der Waals surface area contributed by atoms with Gasteiger partial charge in [0.15, 0.2) is 0 Å². The number of benzene rings is 1. The third-order valence-corrected chi connectivity index (χ3v) is 3.51. The molecule has 2 nitrogen and oxygen atoms in total. The summed E-state index contributed by atoms with van der Waals surface area (Å²) in [5.41, 5.74) is 1.48. The molecule has 0 bridgehead atoms. The molecule has 1 aromatic rings. The van der Waals surface area contributed by atoms with Crippen LogP contribution in [0.2, 0.25) is 0 Å². The van der Waals surface area contributed by atoms with Gasteiger partial charge < -0.3 is 10.4 Å². The third-order valence-electron chi connectivity index (χ3n) is 3.51. The van der Waals surface area contributed by atoms with Crippen LogP contribution in [0.1, 0.15) is 43.6 Å². The van der Waals surface area contributed by atoms with E-state index in [1.807, 2.05) is 0 Å². The molecule has 0 radical (unpaired) electrons. The minimum atomic E-state index is 0.339. The fourth-order valence-electron chi connectivity index (χ4n) is 2.37. The third kappa shape index (κ3) is 4.14. The van der Waals surface area contributed by atoms with Crippen LogP contribution in [-0.2, 0) is 0 Å². The summed E-state index contributed by atoms with van der Waals surface area (Å²) in [4.78, 5) is 0. The summed E-state index contributed by atoms with van der Waals surface area (Å²) in [7, 11) is 0. The minimum Gasteiger partial charge on any atom is -0.396 e. The Morgan fingerprint density at radius 3 is 2.59 bits per heavy atom. The van der Waals surface area contributed by atoms with E-state index in [4.69, 9.17) is 5.11 Å². The van der Waals surface area contributed by atoms with Gasteiger partial charge in [0.2, 0.25) is 0 Å². The molecule has 1 aliphatic carbocycles. The van der Waals surface area contributed by atoms with Gasteiger partial charge in [-0.25, -0.2) is 0 Å². The Bertz CT molecular complexity index is 312. The van der Waals surface area contributed by atoms with Crippen molar-refractivity contribution in [2.24, 2.45) is 0 Å². The van der Waals surface area contributed by atoms with Crippen molar-refractivity contribution in [1.29, 1.82) is 0 Å². The summed E-state index contributed by atoms with van der Waals surface area (Å²) >= 11 is 0. The molecule has 1 aliphatic rings. The van der Waals surface area contributed by atoms with E-state index in [0.29, 0.717) is 12.6 Å². The Morgan fingerprint density at radius 2 is 1.82 bits per heavy atom. The highest BCUT2D eigenvalue weighted by molar-refractivity contribution is 5.27.